The predicted octanol–water partition coefficient (Wildman–Crippen LogP) is 7.05. The van der Waals surface area contributed by atoms with Gasteiger partial charge in [-0.1, -0.05) is 70.2 Å². The normalized spacial score (nSPS) is 11.8. The van der Waals surface area contributed by atoms with E-state index in [1.54, 1.807) is 0 Å². The highest BCUT2D eigenvalue weighted by molar-refractivity contribution is 5.90. The number of unbranched alkanes of at least 4 members (excludes halogenated alkanes) is 4. The fourth-order valence-electron chi connectivity index (χ4n) is 3.06. The van der Waals surface area contributed by atoms with Gasteiger partial charge in [0.15, 0.2) is 0 Å². The Morgan fingerprint density at radius 3 is 2.04 bits per heavy atom. The van der Waals surface area contributed by atoms with E-state index in [2.05, 4.69) is 26.0 Å². The van der Waals surface area contributed by atoms with E-state index in [0.29, 0.717) is 5.56 Å². The molecule has 152 valence electrons. The summed E-state index contributed by atoms with van der Waals surface area (Å²) >= 11 is 0. The lowest BCUT2D eigenvalue weighted by Crippen LogP contribution is -2.14. The predicted molar refractivity (Wildman–Crippen MR) is 116 cm³/mol. The number of carbonyl (C=O) groups excluding carboxylic acids is 1. The summed E-state index contributed by atoms with van der Waals surface area (Å²) in [5.74, 6) is 0.656. The molecular weight excluding hydrogens is 348 g/mol. The van der Waals surface area contributed by atoms with Gasteiger partial charge in [-0.25, -0.2) is 4.79 Å². The van der Waals surface area contributed by atoms with Gasteiger partial charge in [0.05, 0.1) is 18.3 Å². The minimum Gasteiger partial charge on any atom is -0.494 e. The summed E-state index contributed by atoms with van der Waals surface area (Å²) in [5, 5.41) is 0. The topological polar surface area (TPSA) is 35.5 Å². The third kappa shape index (κ3) is 7.38. The van der Waals surface area contributed by atoms with Crippen LogP contribution in [-0.4, -0.2) is 18.7 Å². The minimum absolute atomic E-state index is 0.0401. The Balaban J connectivity index is 1.87. The second-order valence-corrected chi connectivity index (χ2v) is 7.37. The lowest BCUT2D eigenvalue weighted by Gasteiger charge is -2.13. The van der Waals surface area contributed by atoms with Crippen LogP contribution in [-0.2, 0) is 4.74 Å². The van der Waals surface area contributed by atoms with Gasteiger partial charge in [-0.15, -0.1) is 0 Å². The van der Waals surface area contributed by atoms with Crippen molar-refractivity contribution in [2.24, 2.45) is 0 Å². The van der Waals surface area contributed by atoms with Crippen molar-refractivity contribution in [3.05, 3.63) is 54.1 Å². The van der Waals surface area contributed by atoms with Crippen LogP contribution in [0.3, 0.4) is 0 Å². The Labute approximate surface area is 170 Å². The number of hydrogen-bond acceptors (Lipinski definition) is 3. The molecule has 0 amide bonds. The van der Waals surface area contributed by atoms with Crippen molar-refractivity contribution >= 4 is 5.97 Å². The third-order valence-corrected chi connectivity index (χ3v) is 4.85. The van der Waals surface area contributed by atoms with E-state index in [-0.39, 0.29) is 12.1 Å². The number of benzene rings is 2. The van der Waals surface area contributed by atoms with Gasteiger partial charge in [-0.05, 0) is 55.2 Å². The van der Waals surface area contributed by atoms with Gasteiger partial charge >= 0.3 is 5.97 Å². The largest absolute Gasteiger partial charge is 0.494 e. The Morgan fingerprint density at radius 2 is 1.43 bits per heavy atom. The van der Waals surface area contributed by atoms with Crippen molar-refractivity contribution in [1.29, 1.82) is 0 Å². The maximum absolute atomic E-state index is 12.2. The summed E-state index contributed by atoms with van der Waals surface area (Å²) in [4.78, 5) is 12.2. The average molecular weight is 383 g/mol. The highest BCUT2D eigenvalue weighted by Gasteiger charge is 2.12. The van der Waals surface area contributed by atoms with Crippen LogP contribution in [0.1, 0.15) is 76.1 Å². The van der Waals surface area contributed by atoms with E-state index in [4.69, 9.17) is 9.47 Å². The molecule has 0 aromatic heterocycles. The first-order valence-corrected chi connectivity index (χ1v) is 10.7. The van der Waals surface area contributed by atoms with Crippen LogP contribution >= 0.6 is 0 Å². The van der Waals surface area contributed by atoms with E-state index in [0.717, 1.165) is 49.2 Å². The number of hydrogen-bond donors (Lipinski definition) is 0. The molecule has 28 heavy (non-hydrogen) atoms. The van der Waals surface area contributed by atoms with Gasteiger partial charge in [0.1, 0.15) is 5.75 Å². The molecule has 0 bridgehead atoms. The quantitative estimate of drug-likeness (QED) is 0.291. The maximum atomic E-state index is 12.2. The Hall–Kier alpha value is -2.29. The van der Waals surface area contributed by atoms with Crippen molar-refractivity contribution in [2.45, 2.75) is 71.8 Å². The molecule has 0 saturated heterocycles. The number of carbonyl (C=O) groups is 1. The second kappa shape index (κ2) is 12.2. The minimum atomic E-state index is -0.248. The maximum Gasteiger partial charge on any atom is 0.338 e. The number of ether oxygens (including phenoxy) is 2. The molecule has 0 saturated carbocycles. The molecule has 0 aliphatic heterocycles. The highest BCUT2D eigenvalue weighted by atomic mass is 16.5. The van der Waals surface area contributed by atoms with Gasteiger partial charge in [0, 0.05) is 0 Å². The fourth-order valence-corrected chi connectivity index (χ4v) is 3.06. The molecule has 3 nitrogen and oxygen atoms in total. The van der Waals surface area contributed by atoms with E-state index >= 15 is 0 Å². The van der Waals surface area contributed by atoms with E-state index in [1.807, 2.05) is 43.3 Å². The van der Waals surface area contributed by atoms with Crippen molar-refractivity contribution in [3.8, 4) is 16.9 Å². The zero-order valence-corrected chi connectivity index (χ0v) is 17.6. The number of esters is 1. The highest BCUT2D eigenvalue weighted by Crippen LogP contribution is 2.23. The summed E-state index contributed by atoms with van der Waals surface area (Å²) in [5.41, 5.74) is 2.78. The van der Waals surface area contributed by atoms with Gasteiger partial charge < -0.3 is 9.47 Å². The van der Waals surface area contributed by atoms with Gasteiger partial charge in [0.25, 0.3) is 0 Å². The molecule has 2 aromatic carbocycles. The van der Waals surface area contributed by atoms with E-state index < -0.39 is 0 Å². The monoisotopic (exact) mass is 382 g/mol. The zero-order chi connectivity index (χ0) is 20.2. The Morgan fingerprint density at radius 1 is 0.821 bits per heavy atom. The summed E-state index contributed by atoms with van der Waals surface area (Å²) in [6.07, 6.45) is 7.89. The lowest BCUT2D eigenvalue weighted by molar-refractivity contribution is 0.0320. The Kier molecular flexibility index (Phi) is 9.61. The zero-order valence-electron chi connectivity index (χ0n) is 17.6. The van der Waals surface area contributed by atoms with Gasteiger partial charge in [0.2, 0.25) is 0 Å². The van der Waals surface area contributed by atoms with Crippen molar-refractivity contribution in [1.82, 2.24) is 0 Å². The van der Waals surface area contributed by atoms with E-state index in [1.165, 1.54) is 19.3 Å². The Bertz CT molecular complexity index is 689. The van der Waals surface area contributed by atoms with Crippen molar-refractivity contribution < 1.29 is 14.3 Å². The van der Waals surface area contributed by atoms with Crippen LogP contribution in [0, 0.1) is 0 Å². The summed E-state index contributed by atoms with van der Waals surface area (Å²) in [6.45, 7) is 7.07. The molecule has 1 atom stereocenters. The first-order valence-electron chi connectivity index (χ1n) is 10.7. The lowest BCUT2D eigenvalue weighted by atomic mass is 10.0. The molecule has 0 aliphatic rings. The van der Waals surface area contributed by atoms with Crippen LogP contribution in [0.5, 0.6) is 5.75 Å². The van der Waals surface area contributed by atoms with Crippen molar-refractivity contribution in [2.75, 3.05) is 6.61 Å². The standard InChI is InChI=1S/C25H34O3/c1-4-6-8-9-19-27-24-17-15-22(16-18-24)21-11-13-23(14-12-21)25(26)28-20(3)10-7-5-2/h11-18,20H,4-10,19H2,1-3H3/t20-/m0/s1. The fraction of sp³-hybridized carbons (Fsp3) is 0.480. The van der Waals surface area contributed by atoms with Crippen LogP contribution in [0.15, 0.2) is 48.5 Å². The molecule has 0 aliphatic carbocycles. The molecule has 0 spiro atoms. The molecule has 0 fully saturated rings. The van der Waals surface area contributed by atoms with E-state index in [9.17, 15) is 4.79 Å². The summed E-state index contributed by atoms with van der Waals surface area (Å²) in [6, 6.07) is 15.7. The second-order valence-electron chi connectivity index (χ2n) is 7.37. The first kappa shape index (κ1) is 22.0. The molecule has 0 N–H and O–H groups in total. The van der Waals surface area contributed by atoms with Crippen LogP contribution in [0.2, 0.25) is 0 Å². The summed E-state index contributed by atoms with van der Waals surface area (Å²) < 4.78 is 11.3. The van der Waals surface area contributed by atoms with Crippen LogP contribution in [0.4, 0.5) is 0 Å². The molecule has 2 aromatic rings. The van der Waals surface area contributed by atoms with Crippen molar-refractivity contribution in [3.63, 3.8) is 0 Å². The molecule has 0 heterocycles. The first-order chi connectivity index (χ1) is 13.6. The van der Waals surface area contributed by atoms with Crippen LogP contribution in [0.25, 0.3) is 11.1 Å². The SMILES string of the molecule is CCCCCCOc1ccc(-c2ccc(C(=O)O[C@@H](C)CCCC)cc2)cc1. The summed E-state index contributed by atoms with van der Waals surface area (Å²) in [7, 11) is 0. The van der Waals surface area contributed by atoms with Gasteiger partial charge in [-0.2, -0.15) is 0 Å². The molecule has 3 heteroatoms. The molecule has 2 rings (SSSR count). The van der Waals surface area contributed by atoms with Crippen LogP contribution < -0.4 is 4.74 Å². The third-order valence-electron chi connectivity index (χ3n) is 4.85. The molecule has 0 radical (unpaired) electrons. The van der Waals surface area contributed by atoms with Gasteiger partial charge in [-0.3, -0.25) is 0 Å². The molecular formula is C25H34O3. The number of rotatable bonds is 12. The average Bonchev–Trinajstić information content (AvgIpc) is 2.72. The smallest absolute Gasteiger partial charge is 0.338 e. The molecule has 0 unspecified atom stereocenters.